The number of carbonyl (C=O) groups is 2. The molecule has 7 heteroatoms. The number of aromatic nitrogens is 2. The van der Waals surface area contributed by atoms with Crippen LogP contribution in [0.1, 0.15) is 44.9 Å². The van der Waals surface area contributed by atoms with Crippen molar-refractivity contribution in [1.82, 2.24) is 19.8 Å². The first-order chi connectivity index (χ1) is 13.7. The number of fused-ring (bicyclic) bond motifs is 1. The summed E-state index contributed by atoms with van der Waals surface area (Å²) in [6.45, 7) is 5.68. The van der Waals surface area contributed by atoms with Gasteiger partial charge >= 0.3 is 0 Å². The molecule has 2 saturated heterocycles. The Morgan fingerprint density at radius 1 is 0.821 bits per heavy atom. The summed E-state index contributed by atoms with van der Waals surface area (Å²) in [4.78, 5) is 39.9. The van der Waals surface area contributed by atoms with Gasteiger partial charge in [0.1, 0.15) is 0 Å². The Kier molecular flexibility index (Phi) is 6.20. The Morgan fingerprint density at radius 2 is 1.43 bits per heavy atom. The second kappa shape index (κ2) is 8.99. The highest BCUT2D eigenvalue weighted by Crippen LogP contribution is 2.38. The fraction of sp³-hybridized carbons (Fsp3) is 0.714. The van der Waals surface area contributed by atoms with Gasteiger partial charge in [-0.2, -0.15) is 0 Å². The van der Waals surface area contributed by atoms with E-state index in [0.29, 0.717) is 6.54 Å². The number of carbonyl (C=O) groups excluding carboxylic acids is 2. The SMILES string of the molecule is O=C1C2CCCCC2C(=O)N1CCCCCN1CCN(c2ncccn2)CC1. The molecule has 1 aromatic heterocycles. The zero-order chi connectivity index (χ0) is 19.3. The van der Waals surface area contributed by atoms with Gasteiger partial charge in [-0.15, -0.1) is 0 Å². The lowest BCUT2D eigenvalue weighted by Crippen LogP contribution is -2.47. The van der Waals surface area contributed by atoms with Crippen molar-refractivity contribution in [2.75, 3.05) is 44.2 Å². The normalized spacial score (nSPS) is 26.0. The van der Waals surface area contributed by atoms with Crippen LogP contribution in [0.3, 0.4) is 0 Å². The lowest BCUT2D eigenvalue weighted by Gasteiger charge is -2.34. The highest BCUT2D eigenvalue weighted by molar-refractivity contribution is 6.05. The number of piperazine rings is 1. The van der Waals surface area contributed by atoms with E-state index in [4.69, 9.17) is 0 Å². The van der Waals surface area contributed by atoms with E-state index >= 15 is 0 Å². The van der Waals surface area contributed by atoms with Gasteiger partial charge in [0.2, 0.25) is 17.8 Å². The van der Waals surface area contributed by atoms with Crippen LogP contribution in [0.4, 0.5) is 5.95 Å². The number of imide groups is 1. The van der Waals surface area contributed by atoms with Gasteiger partial charge in [-0.3, -0.25) is 19.4 Å². The predicted octanol–water partition coefficient (Wildman–Crippen LogP) is 1.94. The van der Waals surface area contributed by atoms with Crippen LogP contribution in [0.2, 0.25) is 0 Å². The van der Waals surface area contributed by atoms with E-state index < -0.39 is 0 Å². The molecule has 152 valence electrons. The van der Waals surface area contributed by atoms with Crippen LogP contribution in [0.25, 0.3) is 0 Å². The van der Waals surface area contributed by atoms with Crippen molar-refractivity contribution >= 4 is 17.8 Å². The minimum atomic E-state index is -0.00820. The molecule has 1 aliphatic carbocycles. The molecule has 7 nitrogen and oxygen atoms in total. The van der Waals surface area contributed by atoms with Crippen LogP contribution in [0.15, 0.2) is 18.5 Å². The average Bonchev–Trinajstić information content (AvgIpc) is 2.99. The molecule has 1 saturated carbocycles. The molecule has 0 spiro atoms. The van der Waals surface area contributed by atoms with Gasteiger partial charge in [0.15, 0.2) is 0 Å². The van der Waals surface area contributed by atoms with Crippen molar-refractivity contribution in [1.29, 1.82) is 0 Å². The summed E-state index contributed by atoms with van der Waals surface area (Å²) in [5.74, 6) is 1.02. The predicted molar refractivity (Wildman–Crippen MR) is 107 cm³/mol. The van der Waals surface area contributed by atoms with Crippen molar-refractivity contribution in [3.05, 3.63) is 18.5 Å². The van der Waals surface area contributed by atoms with Gasteiger partial charge in [0.05, 0.1) is 11.8 Å². The summed E-state index contributed by atoms with van der Waals surface area (Å²) in [6, 6.07) is 1.84. The highest BCUT2D eigenvalue weighted by Gasteiger charge is 2.47. The van der Waals surface area contributed by atoms with E-state index in [9.17, 15) is 9.59 Å². The van der Waals surface area contributed by atoms with Gasteiger partial charge in [-0.25, -0.2) is 9.97 Å². The Balaban J connectivity index is 1.13. The highest BCUT2D eigenvalue weighted by atomic mass is 16.2. The number of amides is 2. The van der Waals surface area contributed by atoms with Gasteiger partial charge in [-0.05, 0) is 38.3 Å². The van der Waals surface area contributed by atoms with Crippen molar-refractivity contribution in [3.63, 3.8) is 0 Å². The summed E-state index contributed by atoms with van der Waals surface area (Å²) in [7, 11) is 0. The number of hydrogen-bond donors (Lipinski definition) is 0. The molecule has 2 aliphatic heterocycles. The molecule has 1 aromatic rings. The molecule has 0 bridgehead atoms. The van der Waals surface area contributed by atoms with Crippen molar-refractivity contribution in [2.24, 2.45) is 11.8 Å². The first-order valence-electron chi connectivity index (χ1n) is 10.8. The number of rotatable bonds is 7. The van der Waals surface area contributed by atoms with Crippen molar-refractivity contribution < 1.29 is 9.59 Å². The third-order valence-electron chi connectivity index (χ3n) is 6.50. The average molecular weight is 386 g/mol. The molecule has 0 aromatic carbocycles. The molecule has 3 fully saturated rings. The topological polar surface area (TPSA) is 69.6 Å². The molecule has 3 heterocycles. The summed E-state index contributed by atoms with van der Waals surface area (Å²) < 4.78 is 0. The number of hydrogen-bond acceptors (Lipinski definition) is 6. The molecule has 2 amide bonds. The summed E-state index contributed by atoms with van der Waals surface area (Å²) in [5.41, 5.74) is 0. The van der Waals surface area contributed by atoms with E-state index in [1.54, 1.807) is 17.3 Å². The Bertz CT molecular complexity index is 651. The Hall–Kier alpha value is -2.02. The lowest BCUT2D eigenvalue weighted by atomic mass is 9.81. The summed E-state index contributed by atoms with van der Waals surface area (Å²) >= 11 is 0. The molecular formula is C21H31N5O2. The van der Waals surface area contributed by atoms with Gasteiger partial charge < -0.3 is 4.90 Å². The number of nitrogens with zero attached hydrogens (tertiary/aromatic N) is 5. The standard InChI is InChI=1S/C21H31N5O2/c27-19-17-7-2-3-8-18(17)20(28)26(19)12-5-1-4-11-24-13-15-25(16-14-24)21-22-9-6-10-23-21/h6,9-10,17-18H,1-5,7-8,11-16H2. The molecule has 4 rings (SSSR count). The van der Waals surface area contributed by atoms with Crippen molar-refractivity contribution in [2.45, 2.75) is 44.9 Å². The maximum absolute atomic E-state index is 12.5. The molecule has 2 unspecified atom stereocenters. The molecule has 28 heavy (non-hydrogen) atoms. The second-order valence-electron chi connectivity index (χ2n) is 8.26. The second-order valence-corrected chi connectivity index (χ2v) is 8.26. The van der Waals surface area contributed by atoms with Crippen LogP contribution < -0.4 is 4.90 Å². The molecule has 2 atom stereocenters. The van der Waals surface area contributed by atoms with E-state index in [1.807, 2.05) is 6.07 Å². The molecular weight excluding hydrogens is 354 g/mol. The van der Waals surface area contributed by atoms with Crippen molar-refractivity contribution in [3.8, 4) is 0 Å². The first kappa shape index (κ1) is 19.3. The fourth-order valence-corrected chi connectivity index (χ4v) is 4.86. The van der Waals surface area contributed by atoms with Crippen LogP contribution in [-0.4, -0.2) is 70.9 Å². The number of likely N-dealkylation sites (tertiary alicyclic amines) is 1. The third kappa shape index (κ3) is 4.19. The maximum atomic E-state index is 12.5. The number of unbranched alkanes of at least 4 members (excludes halogenated alkanes) is 2. The van der Waals surface area contributed by atoms with E-state index in [1.165, 1.54) is 0 Å². The van der Waals surface area contributed by atoms with Gasteiger partial charge in [0.25, 0.3) is 0 Å². The molecule has 0 radical (unpaired) electrons. The summed E-state index contributed by atoms with van der Waals surface area (Å²) in [6.07, 6.45) is 10.7. The zero-order valence-corrected chi connectivity index (χ0v) is 16.6. The van der Waals surface area contributed by atoms with E-state index in [-0.39, 0.29) is 23.7 Å². The Labute approximate surface area is 167 Å². The first-order valence-corrected chi connectivity index (χ1v) is 10.8. The summed E-state index contributed by atoms with van der Waals surface area (Å²) in [5, 5.41) is 0. The lowest BCUT2D eigenvalue weighted by molar-refractivity contribution is -0.139. The number of anilines is 1. The van der Waals surface area contributed by atoms with Crippen LogP contribution in [0.5, 0.6) is 0 Å². The Morgan fingerprint density at radius 3 is 2.07 bits per heavy atom. The smallest absolute Gasteiger partial charge is 0.233 e. The van der Waals surface area contributed by atoms with Gasteiger partial charge in [0, 0.05) is 45.1 Å². The minimum absolute atomic E-state index is 0.00820. The van der Waals surface area contributed by atoms with Crippen LogP contribution in [0, 0.1) is 11.8 Å². The zero-order valence-electron chi connectivity index (χ0n) is 16.6. The third-order valence-corrected chi connectivity index (χ3v) is 6.50. The maximum Gasteiger partial charge on any atom is 0.233 e. The van der Waals surface area contributed by atoms with Gasteiger partial charge in [-0.1, -0.05) is 19.3 Å². The fourth-order valence-electron chi connectivity index (χ4n) is 4.86. The quantitative estimate of drug-likeness (QED) is 0.528. The van der Waals surface area contributed by atoms with E-state index in [0.717, 1.165) is 83.6 Å². The largest absolute Gasteiger partial charge is 0.338 e. The molecule has 3 aliphatic rings. The van der Waals surface area contributed by atoms with E-state index in [2.05, 4.69) is 19.8 Å². The monoisotopic (exact) mass is 385 g/mol. The minimum Gasteiger partial charge on any atom is -0.338 e. The van der Waals surface area contributed by atoms with Crippen LogP contribution >= 0.6 is 0 Å². The molecule has 0 N–H and O–H groups in total. The van der Waals surface area contributed by atoms with Crippen LogP contribution in [-0.2, 0) is 9.59 Å².